The summed E-state index contributed by atoms with van der Waals surface area (Å²) in [6, 6.07) is -0.316. The van der Waals surface area contributed by atoms with E-state index in [1.165, 1.54) is 57.8 Å². The van der Waals surface area contributed by atoms with Crippen molar-refractivity contribution in [2.24, 2.45) is 0 Å². The van der Waals surface area contributed by atoms with Gasteiger partial charge in [0.05, 0.1) is 0 Å². The molecule has 0 aliphatic carbocycles. The van der Waals surface area contributed by atoms with Crippen molar-refractivity contribution in [1.82, 2.24) is 5.32 Å². The maximum atomic E-state index is 11.9. The first kappa shape index (κ1) is 28.5. The van der Waals surface area contributed by atoms with Crippen LogP contribution in [0, 0.1) is 0 Å². The second-order valence-electron chi connectivity index (χ2n) is 7.89. The van der Waals surface area contributed by atoms with Crippen molar-refractivity contribution in [1.29, 1.82) is 0 Å². The molecule has 0 aliphatic rings. The fourth-order valence-corrected chi connectivity index (χ4v) is 3.55. The van der Waals surface area contributed by atoms with Gasteiger partial charge in [-0.2, -0.15) is 0 Å². The van der Waals surface area contributed by atoms with E-state index in [-0.39, 0.29) is 18.6 Å². The van der Waals surface area contributed by atoms with E-state index in [0.29, 0.717) is 12.8 Å². The molecule has 7 heteroatoms. The Morgan fingerprint density at radius 2 is 1.38 bits per heavy atom. The van der Waals surface area contributed by atoms with E-state index in [1.807, 2.05) is 6.92 Å². The SMILES string of the molecule is CCCCCCCC/C=C\CCCCCCCC(=O)N[C@@H](CC)CO[PH](O)(O)O. The zero-order chi connectivity index (χ0) is 21.8. The van der Waals surface area contributed by atoms with Gasteiger partial charge in [-0.05, 0) is 12.8 Å². The fourth-order valence-electron chi connectivity index (χ4n) is 3.13. The van der Waals surface area contributed by atoms with Crippen molar-refractivity contribution in [3.8, 4) is 0 Å². The van der Waals surface area contributed by atoms with Crippen LogP contribution in [0.1, 0.15) is 110 Å². The number of amides is 1. The predicted octanol–water partition coefficient (Wildman–Crippen LogP) is 5.32. The van der Waals surface area contributed by atoms with Crippen LogP contribution in [0.5, 0.6) is 0 Å². The van der Waals surface area contributed by atoms with Crippen LogP contribution < -0.4 is 5.32 Å². The number of carbonyl (C=O) groups excluding carboxylic acids is 1. The molecule has 0 bridgehead atoms. The topological polar surface area (TPSA) is 99.0 Å². The Hall–Kier alpha value is -0.520. The summed E-state index contributed by atoms with van der Waals surface area (Å²) in [6.07, 6.45) is 21.6. The molecular weight excluding hydrogens is 389 g/mol. The summed E-state index contributed by atoms with van der Waals surface area (Å²) >= 11 is 0. The first-order valence-corrected chi connectivity index (χ1v) is 13.4. The van der Waals surface area contributed by atoms with E-state index < -0.39 is 8.17 Å². The summed E-state index contributed by atoms with van der Waals surface area (Å²) in [5, 5.41) is 2.80. The van der Waals surface area contributed by atoms with Crippen molar-refractivity contribution in [3.05, 3.63) is 12.2 Å². The first-order valence-electron chi connectivity index (χ1n) is 11.6. The third kappa shape index (κ3) is 22.0. The fraction of sp³-hybridized carbons (Fsp3) is 0.864. The number of allylic oxidation sites excluding steroid dienone is 2. The molecule has 0 heterocycles. The van der Waals surface area contributed by atoms with Crippen LogP contribution in [0.15, 0.2) is 12.2 Å². The monoisotopic (exact) mass is 435 g/mol. The van der Waals surface area contributed by atoms with Gasteiger partial charge >= 0.3 is 114 Å². The number of unbranched alkanes of at least 4 members (excludes halogenated alkanes) is 11. The van der Waals surface area contributed by atoms with Gasteiger partial charge in [0.1, 0.15) is 0 Å². The average Bonchev–Trinajstić information content (AvgIpc) is 2.67. The van der Waals surface area contributed by atoms with E-state index in [2.05, 4.69) is 28.9 Å². The standard InChI is InChI=1S/C22H46NO5P/c1-3-5-6-7-8-9-10-11-12-13-14-15-16-17-18-19-22(24)23-21(4-2)20-28-29(25,26)27/h11-12,21,25-27,29H,3-10,13-20H2,1-2H3,(H,23,24)/b12-11-/t21-/m0/s1. The zero-order valence-electron chi connectivity index (χ0n) is 18.7. The molecule has 0 spiro atoms. The molecule has 6 nitrogen and oxygen atoms in total. The molecule has 0 saturated heterocycles. The van der Waals surface area contributed by atoms with Gasteiger partial charge in [0.25, 0.3) is 0 Å². The molecule has 0 radical (unpaired) electrons. The van der Waals surface area contributed by atoms with Crippen molar-refractivity contribution >= 4 is 14.1 Å². The Bertz CT molecular complexity index is 412. The van der Waals surface area contributed by atoms with Crippen molar-refractivity contribution < 1.29 is 24.0 Å². The van der Waals surface area contributed by atoms with Crippen LogP contribution in [-0.4, -0.2) is 33.2 Å². The second kappa shape index (κ2) is 19.4. The van der Waals surface area contributed by atoms with E-state index in [0.717, 1.165) is 25.7 Å². The molecule has 29 heavy (non-hydrogen) atoms. The molecule has 174 valence electrons. The first-order chi connectivity index (χ1) is 13.9. The van der Waals surface area contributed by atoms with Gasteiger partial charge in [-0.3, -0.25) is 0 Å². The third-order valence-electron chi connectivity index (χ3n) is 5.00. The van der Waals surface area contributed by atoms with Crippen LogP contribution in [-0.2, 0) is 9.32 Å². The van der Waals surface area contributed by atoms with Crippen molar-refractivity contribution in [2.75, 3.05) is 6.61 Å². The minimum atomic E-state index is -4.51. The summed E-state index contributed by atoms with van der Waals surface area (Å²) in [4.78, 5) is 38.5. The molecule has 0 aromatic heterocycles. The Kier molecular flexibility index (Phi) is 19.1. The zero-order valence-corrected chi connectivity index (χ0v) is 19.7. The number of rotatable bonds is 20. The van der Waals surface area contributed by atoms with E-state index >= 15 is 0 Å². The molecule has 1 atom stereocenters. The summed E-state index contributed by atoms with van der Waals surface area (Å²) in [6.45, 7) is 4.02. The van der Waals surface area contributed by atoms with E-state index in [9.17, 15) is 4.79 Å². The molecule has 0 aromatic carbocycles. The van der Waals surface area contributed by atoms with Gasteiger partial charge in [0, 0.05) is 0 Å². The maximum absolute atomic E-state index is 11.9. The van der Waals surface area contributed by atoms with Gasteiger partial charge in [0.2, 0.25) is 0 Å². The van der Waals surface area contributed by atoms with Gasteiger partial charge in [-0.15, -0.1) is 0 Å². The second-order valence-corrected chi connectivity index (χ2v) is 9.33. The molecule has 4 N–H and O–H groups in total. The Balaban J connectivity index is 3.48. The van der Waals surface area contributed by atoms with Gasteiger partial charge < -0.3 is 0 Å². The quantitative estimate of drug-likeness (QED) is 0.118. The molecular formula is C22H46NO5P. The minimum absolute atomic E-state index is 0.0563. The number of hydrogen-bond donors (Lipinski definition) is 4. The number of hydrogen-bond acceptors (Lipinski definition) is 5. The predicted molar refractivity (Wildman–Crippen MR) is 123 cm³/mol. The molecule has 0 aliphatic heterocycles. The Morgan fingerprint density at radius 3 is 1.90 bits per heavy atom. The van der Waals surface area contributed by atoms with Gasteiger partial charge in [-0.25, -0.2) is 0 Å². The normalized spacial score (nSPS) is 13.7. The van der Waals surface area contributed by atoms with E-state index in [4.69, 9.17) is 14.7 Å². The Morgan fingerprint density at radius 1 is 0.862 bits per heavy atom. The molecule has 0 unspecified atom stereocenters. The summed E-state index contributed by atoms with van der Waals surface area (Å²) in [5.74, 6) is -0.0563. The molecule has 0 fully saturated rings. The van der Waals surface area contributed by atoms with Crippen molar-refractivity contribution in [2.45, 2.75) is 116 Å². The molecule has 0 rings (SSSR count). The van der Waals surface area contributed by atoms with Crippen molar-refractivity contribution in [3.63, 3.8) is 0 Å². The van der Waals surface area contributed by atoms with Gasteiger partial charge in [0.15, 0.2) is 0 Å². The summed E-state index contributed by atoms with van der Waals surface area (Å²) in [7, 11) is -4.51. The van der Waals surface area contributed by atoms with Crippen LogP contribution in [0.4, 0.5) is 0 Å². The third-order valence-corrected chi connectivity index (χ3v) is 5.56. The number of carbonyl (C=O) groups is 1. The van der Waals surface area contributed by atoms with Gasteiger partial charge in [-0.1, -0.05) is 51.2 Å². The molecule has 0 aromatic rings. The van der Waals surface area contributed by atoms with Crippen LogP contribution in [0.25, 0.3) is 0 Å². The number of nitrogens with one attached hydrogen (secondary N) is 1. The van der Waals surface area contributed by atoms with E-state index in [1.54, 1.807) is 0 Å². The molecule has 0 saturated carbocycles. The average molecular weight is 436 g/mol. The van der Waals surface area contributed by atoms with Crippen LogP contribution in [0.2, 0.25) is 0 Å². The van der Waals surface area contributed by atoms with Crippen LogP contribution in [0.3, 0.4) is 0 Å². The summed E-state index contributed by atoms with van der Waals surface area (Å²) in [5.41, 5.74) is 0. The van der Waals surface area contributed by atoms with Crippen LogP contribution >= 0.6 is 8.17 Å². The molecule has 1 amide bonds. The Labute approximate surface area is 178 Å². The summed E-state index contributed by atoms with van der Waals surface area (Å²) < 4.78 is 4.60.